The third-order valence-corrected chi connectivity index (χ3v) is 2.65. The smallest absolute Gasteiger partial charge is 0.315 e. The Morgan fingerprint density at radius 3 is 1.95 bits per heavy atom. The van der Waals surface area contributed by atoms with Crippen LogP contribution in [0, 0.1) is 5.41 Å². The summed E-state index contributed by atoms with van der Waals surface area (Å²) in [5.74, 6) is -1.29. The molecule has 7 heteroatoms. The van der Waals surface area contributed by atoms with Crippen molar-refractivity contribution in [3.8, 4) is 0 Å². The van der Waals surface area contributed by atoms with E-state index in [-0.39, 0.29) is 24.4 Å². The molecular formula is C14H27N3O4. The molecule has 0 saturated carbocycles. The summed E-state index contributed by atoms with van der Waals surface area (Å²) in [5.41, 5.74) is -0.768. The van der Waals surface area contributed by atoms with Gasteiger partial charge in [0.15, 0.2) is 0 Å². The molecule has 21 heavy (non-hydrogen) atoms. The second kappa shape index (κ2) is 7.28. The second-order valence-electron chi connectivity index (χ2n) is 7.14. The van der Waals surface area contributed by atoms with Gasteiger partial charge >= 0.3 is 12.0 Å². The largest absolute Gasteiger partial charge is 0.481 e. The Bertz CT molecular complexity index is 394. The number of carbonyl (C=O) groups excluding carboxylic acids is 2. The zero-order chi connectivity index (χ0) is 16.8. The first-order valence-electron chi connectivity index (χ1n) is 6.88. The SMILES string of the molecule is CC(C)(C)NC(=O)CNC(=O)NC(CC(=O)O)C(C)(C)C. The van der Waals surface area contributed by atoms with E-state index in [1.807, 2.05) is 41.5 Å². The average Bonchev–Trinajstić information content (AvgIpc) is 2.21. The van der Waals surface area contributed by atoms with Crippen molar-refractivity contribution in [1.29, 1.82) is 0 Å². The van der Waals surface area contributed by atoms with Crippen molar-refractivity contribution >= 4 is 17.9 Å². The van der Waals surface area contributed by atoms with Crippen LogP contribution in [0.15, 0.2) is 0 Å². The van der Waals surface area contributed by atoms with Crippen molar-refractivity contribution in [3.05, 3.63) is 0 Å². The van der Waals surface area contributed by atoms with Crippen LogP contribution in [0.3, 0.4) is 0 Å². The number of aliphatic carboxylic acids is 1. The summed E-state index contributed by atoms with van der Waals surface area (Å²) in [6.45, 7) is 10.9. The van der Waals surface area contributed by atoms with Crippen LogP contribution >= 0.6 is 0 Å². The minimum Gasteiger partial charge on any atom is -0.481 e. The van der Waals surface area contributed by atoms with Gasteiger partial charge in [-0.05, 0) is 26.2 Å². The molecule has 0 radical (unpaired) electrons. The van der Waals surface area contributed by atoms with Crippen molar-refractivity contribution in [2.45, 2.75) is 59.5 Å². The fourth-order valence-electron chi connectivity index (χ4n) is 1.58. The normalized spacial score (nSPS) is 13.2. The molecule has 0 aromatic rings. The number of hydrogen-bond acceptors (Lipinski definition) is 3. The highest BCUT2D eigenvalue weighted by atomic mass is 16.4. The monoisotopic (exact) mass is 301 g/mol. The Kier molecular flexibility index (Phi) is 6.66. The molecule has 0 aliphatic carbocycles. The van der Waals surface area contributed by atoms with E-state index >= 15 is 0 Å². The Hall–Kier alpha value is -1.79. The van der Waals surface area contributed by atoms with Gasteiger partial charge in [-0.15, -0.1) is 0 Å². The Labute approximate surface area is 125 Å². The highest BCUT2D eigenvalue weighted by Crippen LogP contribution is 2.21. The van der Waals surface area contributed by atoms with Gasteiger partial charge in [-0.1, -0.05) is 20.8 Å². The lowest BCUT2D eigenvalue weighted by Gasteiger charge is -2.30. The highest BCUT2D eigenvalue weighted by Gasteiger charge is 2.28. The zero-order valence-corrected chi connectivity index (χ0v) is 13.7. The molecule has 0 rings (SSSR count). The molecule has 0 spiro atoms. The number of carboxylic acid groups (broad SMARTS) is 1. The molecule has 1 atom stereocenters. The third kappa shape index (κ3) is 9.70. The van der Waals surface area contributed by atoms with Gasteiger partial charge < -0.3 is 21.1 Å². The third-order valence-electron chi connectivity index (χ3n) is 2.65. The predicted octanol–water partition coefficient (Wildman–Crippen LogP) is 1.09. The Balaban J connectivity index is 4.39. The minimum absolute atomic E-state index is 0.160. The van der Waals surface area contributed by atoms with Crippen LogP contribution in [0.4, 0.5) is 4.79 Å². The van der Waals surface area contributed by atoms with E-state index in [2.05, 4.69) is 16.0 Å². The standard InChI is InChI=1S/C14H27N3O4/c1-13(2,3)9(7-11(19)20)16-12(21)15-8-10(18)17-14(4,5)6/h9H,7-8H2,1-6H3,(H,17,18)(H,19,20)(H2,15,16,21). The number of hydrogen-bond donors (Lipinski definition) is 4. The lowest BCUT2D eigenvalue weighted by molar-refractivity contribution is -0.138. The molecule has 0 bridgehead atoms. The van der Waals surface area contributed by atoms with Crippen molar-refractivity contribution < 1.29 is 19.5 Å². The van der Waals surface area contributed by atoms with E-state index in [4.69, 9.17) is 5.11 Å². The molecule has 0 saturated heterocycles. The van der Waals surface area contributed by atoms with Gasteiger partial charge in [0.1, 0.15) is 0 Å². The zero-order valence-electron chi connectivity index (χ0n) is 13.7. The Morgan fingerprint density at radius 2 is 1.57 bits per heavy atom. The quantitative estimate of drug-likeness (QED) is 0.609. The van der Waals surface area contributed by atoms with Crippen molar-refractivity contribution in [1.82, 2.24) is 16.0 Å². The summed E-state index contributed by atoms with van der Waals surface area (Å²) < 4.78 is 0. The fraction of sp³-hybridized carbons (Fsp3) is 0.786. The molecule has 0 heterocycles. The van der Waals surface area contributed by atoms with Gasteiger partial charge in [0, 0.05) is 11.6 Å². The molecule has 7 nitrogen and oxygen atoms in total. The molecule has 1 unspecified atom stereocenters. The summed E-state index contributed by atoms with van der Waals surface area (Å²) in [6, 6.07) is -1.08. The van der Waals surface area contributed by atoms with Crippen LogP contribution in [-0.2, 0) is 9.59 Å². The maximum atomic E-state index is 11.8. The number of urea groups is 1. The van der Waals surface area contributed by atoms with E-state index in [9.17, 15) is 14.4 Å². The molecule has 122 valence electrons. The van der Waals surface area contributed by atoms with Crippen LogP contribution in [-0.4, -0.2) is 41.1 Å². The lowest BCUT2D eigenvalue weighted by atomic mass is 9.85. The topological polar surface area (TPSA) is 108 Å². The fourth-order valence-corrected chi connectivity index (χ4v) is 1.58. The van der Waals surface area contributed by atoms with Gasteiger partial charge in [0.05, 0.1) is 13.0 Å². The van der Waals surface area contributed by atoms with Gasteiger partial charge in [0.2, 0.25) is 5.91 Å². The van der Waals surface area contributed by atoms with Crippen molar-refractivity contribution in [2.75, 3.05) is 6.54 Å². The lowest BCUT2D eigenvalue weighted by Crippen LogP contribution is -2.52. The van der Waals surface area contributed by atoms with Gasteiger partial charge in [-0.3, -0.25) is 9.59 Å². The molecular weight excluding hydrogens is 274 g/mol. The summed E-state index contributed by atoms with van der Waals surface area (Å²) in [6.07, 6.45) is -0.175. The van der Waals surface area contributed by atoms with Crippen LogP contribution in [0.2, 0.25) is 0 Å². The van der Waals surface area contributed by atoms with Crippen molar-refractivity contribution in [2.24, 2.45) is 5.41 Å². The summed E-state index contributed by atoms with van der Waals surface area (Å²) in [7, 11) is 0. The number of rotatable bonds is 5. The molecule has 0 fully saturated rings. The van der Waals surface area contributed by atoms with Gasteiger partial charge in [-0.25, -0.2) is 4.79 Å². The van der Waals surface area contributed by atoms with Gasteiger partial charge in [0.25, 0.3) is 0 Å². The van der Waals surface area contributed by atoms with E-state index in [0.717, 1.165) is 0 Å². The van der Waals surface area contributed by atoms with Crippen LogP contribution in [0.25, 0.3) is 0 Å². The minimum atomic E-state index is -0.985. The van der Waals surface area contributed by atoms with E-state index in [0.29, 0.717) is 0 Å². The Morgan fingerprint density at radius 1 is 1.05 bits per heavy atom. The molecule has 3 amide bonds. The van der Waals surface area contributed by atoms with Crippen molar-refractivity contribution in [3.63, 3.8) is 0 Å². The molecule has 0 aliphatic heterocycles. The number of carbonyl (C=O) groups is 3. The number of amides is 3. The molecule has 0 aromatic carbocycles. The van der Waals surface area contributed by atoms with E-state index in [1.165, 1.54) is 0 Å². The summed E-state index contributed by atoms with van der Waals surface area (Å²) in [4.78, 5) is 34.2. The number of carboxylic acids is 1. The predicted molar refractivity (Wildman–Crippen MR) is 79.9 cm³/mol. The van der Waals surface area contributed by atoms with E-state index in [1.54, 1.807) is 0 Å². The maximum absolute atomic E-state index is 11.8. The van der Waals surface area contributed by atoms with E-state index < -0.39 is 23.5 Å². The first-order chi connectivity index (χ1) is 9.31. The number of nitrogens with one attached hydrogen (secondary N) is 3. The average molecular weight is 301 g/mol. The molecule has 0 aromatic heterocycles. The first-order valence-corrected chi connectivity index (χ1v) is 6.88. The van der Waals surface area contributed by atoms with Crippen LogP contribution in [0.1, 0.15) is 48.0 Å². The first kappa shape index (κ1) is 19.2. The van der Waals surface area contributed by atoms with Crippen LogP contribution in [0.5, 0.6) is 0 Å². The van der Waals surface area contributed by atoms with Gasteiger partial charge in [-0.2, -0.15) is 0 Å². The second-order valence-corrected chi connectivity index (χ2v) is 7.14. The molecule has 4 N–H and O–H groups in total. The van der Waals surface area contributed by atoms with Crippen LogP contribution < -0.4 is 16.0 Å². The summed E-state index contributed by atoms with van der Waals surface area (Å²) >= 11 is 0. The molecule has 0 aliphatic rings. The maximum Gasteiger partial charge on any atom is 0.315 e. The summed E-state index contributed by atoms with van der Waals surface area (Å²) in [5, 5.41) is 16.6. The highest BCUT2D eigenvalue weighted by molar-refractivity contribution is 5.84.